The maximum Gasteiger partial charge on any atom is 0.356 e. The van der Waals surface area contributed by atoms with Crippen molar-refractivity contribution in [3.63, 3.8) is 0 Å². The Hall–Kier alpha value is -2.24. The van der Waals surface area contributed by atoms with E-state index in [0.29, 0.717) is 31.3 Å². The predicted octanol–water partition coefficient (Wildman–Crippen LogP) is 2.51. The van der Waals surface area contributed by atoms with Crippen molar-refractivity contribution >= 4 is 16.9 Å². The minimum absolute atomic E-state index is 0.218. The number of fused-ring (bicyclic) bond motifs is 1. The third-order valence-electron chi connectivity index (χ3n) is 3.64. The number of para-hydroxylation sites is 1. The molecule has 0 radical (unpaired) electrons. The molecular weight excluding hydrogens is 280 g/mol. The van der Waals surface area contributed by atoms with Crippen LogP contribution >= 0.6 is 0 Å². The van der Waals surface area contributed by atoms with Gasteiger partial charge in [-0.3, -0.25) is 4.79 Å². The second-order valence-corrected chi connectivity index (χ2v) is 5.06. The van der Waals surface area contributed by atoms with Crippen LogP contribution in [0.1, 0.15) is 18.4 Å². The van der Waals surface area contributed by atoms with Gasteiger partial charge in [-0.15, -0.1) is 0 Å². The summed E-state index contributed by atoms with van der Waals surface area (Å²) in [6.07, 6.45) is 1.41. The zero-order valence-electron chi connectivity index (χ0n) is 11.1. The fraction of sp³-hybridized carbons (Fsp3) is 0.333. The van der Waals surface area contributed by atoms with E-state index in [9.17, 15) is 18.4 Å². The molecule has 3 rings (SSSR count). The molecule has 110 valence electrons. The van der Waals surface area contributed by atoms with Gasteiger partial charge in [-0.05, 0) is 25.0 Å². The zero-order chi connectivity index (χ0) is 15.0. The number of hydrogen-bond acceptors (Lipinski definition) is 3. The van der Waals surface area contributed by atoms with Crippen LogP contribution in [0.4, 0.5) is 8.78 Å². The third kappa shape index (κ3) is 2.30. The second kappa shape index (κ2) is 4.95. The summed E-state index contributed by atoms with van der Waals surface area (Å²) in [7, 11) is 0. The summed E-state index contributed by atoms with van der Waals surface area (Å²) >= 11 is 0. The number of halogens is 2. The molecule has 1 aliphatic rings. The number of rotatable bonds is 2. The summed E-state index contributed by atoms with van der Waals surface area (Å²) in [6.45, 7) is 0.598. The van der Waals surface area contributed by atoms with E-state index >= 15 is 0 Å². The Morgan fingerprint density at radius 3 is 2.57 bits per heavy atom. The number of hydrogen-bond donors (Lipinski definition) is 0. The van der Waals surface area contributed by atoms with E-state index in [4.69, 9.17) is 4.42 Å². The van der Waals surface area contributed by atoms with Crippen molar-refractivity contribution < 1.29 is 18.0 Å². The molecule has 2 heterocycles. The monoisotopic (exact) mass is 293 g/mol. The van der Waals surface area contributed by atoms with Gasteiger partial charge in [0.25, 0.3) is 5.91 Å². The van der Waals surface area contributed by atoms with Gasteiger partial charge >= 0.3 is 11.5 Å². The Labute approximate surface area is 119 Å². The average molecular weight is 293 g/mol. The Balaban J connectivity index is 2.07. The summed E-state index contributed by atoms with van der Waals surface area (Å²) in [6, 6.07) is 7.39. The van der Waals surface area contributed by atoms with Crippen molar-refractivity contribution in [3.05, 3.63) is 46.3 Å². The van der Waals surface area contributed by atoms with Crippen LogP contribution in [0.2, 0.25) is 0 Å². The number of likely N-dealkylation sites (tertiary alicyclic amines) is 1. The van der Waals surface area contributed by atoms with Crippen LogP contribution < -0.4 is 5.63 Å². The topological polar surface area (TPSA) is 50.5 Å². The first kappa shape index (κ1) is 13.7. The molecule has 1 aliphatic heterocycles. The Bertz CT molecular complexity index is 748. The number of carbonyl (C=O) groups is 1. The number of amides is 1. The van der Waals surface area contributed by atoms with Crippen LogP contribution in [-0.2, 0) is 10.7 Å². The van der Waals surface area contributed by atoms with Gasteiger partial charge in [-0.25, -0.2) is 4.79 Å². The van der Waals surface area contributed by atoms with Gasteiger partial charge in [0.15, 0.2) is 0 Å². The molecule has 1 aromatic heterocycles. The molecule has 1 aromatic carbocycles. The first-order valence-electron chi connectivity index (χ1n) is 6.71. The van der Waals surface area contributed by atoms with Crippen molar-refractivity contribution in [2.75, 3.05) is 13.1 Å². The van der Waals surface area contributed by atoms with Crippen LogP contribution in [0.5, 0.6) is 0 Å². The third-order valence-corrected chi connectivity index (χ3v) is 3.64. The van der Waals surface area contributed by atoms with Crippen LogP contribution in [0.15, 0.2) is 39.5 Å². The summed E-state index contributed by atoms with van der Waals surface area (Å²) in [5, 5.41) is 0.362. The van der Waals surface area contributed by atoms with E-state index in [1.807, 2.05) is 0 Å². The molecule has 0 unspecified atom stereocenters. The highest BCUT2D eigenvalue weighted by molar-refractivity contribution is 5.86. The largest absolute Gasteiger partial charge is 0.422 e. The van der Waals surface area contributed by atoms with Gasteiger partial charge in [-0.2, -0.15) is 8.78 Å². The van der Waals surface area contributed by atoms with Gasteiger partial charge in [0.05, 0.1) is 0 Å². The molecule has 1 amide bonds. The van der Waals surface area contributed by atoms with Crippen LogP contribution in [-0.4, -0.2) is 23.9 Å². The lowest BCUT2D eigenvalue weighted by Gasteiger charge is -2.22. The molecule has 0 saturated carbocycles. The Morgan fingerprint density at radius 2 is 1.86 bits per heavy atom. The summed E-state index contributed by atoms with van der Waals surface area (Å²) in [5.74, 6) is -5.20. The number of carbonyl (C=O) groups excluding carboxylic acids is 1. The van der Waals surface area contributed by atoms with Gasteiger partial charge in [0, 0.05) is 18.5 Å². The van der Waals surface area contributed by atoms with Gasteiger partial charge in [0.2, 0.25) is 0 Å². The fourth-order valence-corrected chi connectivity index (χ4v) is 2.51. The lowest BCUT2D eigenvalue weighted by atomic mass is 10.1. The number of benzene rings is 1. The van der Waals surface area contributed by atoms with E-state index in [0.717, 1.165) is 11.0 Å². The van der Waals surface area contributed by atoms with Gasteiger partial charge in [0.1, 0.15) is 11.1 Å². The average Bonchev–Trinajstić information content (AvgIpc) is 2.99. The maximum absolute atomic E-state index is 14.3. The van der Waals surface area contributed by atoms with Crippen molar-refractivity contribution in [2.45, 2.75) is 18.8 Å². The SMILES string of the molecule is O=C(N1CCCC1)C(F)(F)c1cc2ccccc2oc1=O. The summed E-state index contributed by atoms with van der Waals surface area (Å²) in [4.78, 5) is 24.8. The maximum atomic E-state index is 14.3. The zero-order valence-corrected chi connectivity index (χ0v) is 11.1. The van der Waals surface area contributed by atoms with Gasteiger partial charge < -0.3 is 9.32 Å². The quantitative estimate of drug-likeness (QED) is 0.799. The van der Waals surface area contributed by atoms with E-state index in [1.165, 1.54) is 6.07 Å². The molecule has 0 bridgehead atoms. The Kier molecular flexibility index (Phi) is 3.23. The fourth-order valence-electron chi connectivity index (χ4n) is 2.51. The molecule has 1 saturated heterocycles. The van der Waals surface area contributed by atoms with E-state index < -0.39 is 23.0 Å². The Morgan fingerprint density at radius 1 is 1.19 bits per heavy atom. The molecule has 0 aliphatic carbocycles. The molecule has 0 N–H and O–H groups in total. The minimum Gasteiger partial charge on any atom is -0.422 e. The van der Waals surface area contributed by atoms with Crippen molar-refractivity contribution in [2.24, 2.45) is 0 Å². The highest BCUT2D eigenvalue weighted by atomic mass is 19.3. The minimum atomic E-state index is -3.87. The smallest absolute Gasteiger partial charge is 0.356 e. The van der Waals surface area contributed by atoms with Crippen molar-refractivity contribution in [1.82, 2.24) is 4.90 Å². The van der Waals surface area contributed by atoms with E-state index in [-0.39, 0.29) is 5.58 Å². The number of nitrogens with zero attached hydrogens (tertiary/aromatic N) is 1. The number of alkyl halides is 2. The molecular formula is C15H13F2NO3. The van der Waals surface area contributed by atoms with Crippen molar-refractivity contribution in [1.29, 1.82) is 0 Å². The summed E-state index contributed by atoms with van der Waals surface area (Å²) < 4.78 is 33.6. The molecule has 0 atom stereocenters. The highest BCUT2D eigenvalue weighted by Crippen LogP contribution is 2.31. The standard InChI is InChI=1S/C15H13F2NO3/c16-15(17,14(20)18-7-3-4-8-18)11-9-10-5-1-2-6-12(10)21-13(11)19/h1-2,5-6,9H,3-4,7-8H2. The van der Waals surface area contributed by atoms with Crippen LogP contribution in [0.25, 0.3) is 11.0 Å². The second-order valence-electron chi connectivity index (χ2n) is 5.06. The van der Waals surface area contributed by atoms with Crippen molar-refractivity contribution in [3.8, 4) is 0 Å². The molecule has 1 fully saturated rings. The molecule has 21 heavy (non-hydrogen) atoms. The molecule has 6 heteroatoms. The molecule has 2 aromatic rings. The molecule has 4 nitrogen and oxygen atoms in total. The highest BCUT2D eigenvalue weighted by Gasteiger charge is 2.47. The van der Waals surface area contributed by atoms with E-state index in [1.54, 1.807) is 18.2 Å². The lowest BCUT2D eigenvalue weighted by Crippen LogP contribution is -2.42. The normalized spacial score (nSPS) is 15.6. The first-order valence-corrected chi connectivity index (χ1v) is 6.71. The molecule has 0 spiro atoms. The first-order chi connectivity index (χ1) is 10.00. The lowest BCUT2D eigenvalue weighted by molar-refractivity contribution is -0.158. The summed E-state index contributed by atoms with van der Waals surface area (Å²) in [5.41, 5.74) is -1.86. The van der Waals surface area contributed by atoms with Crippen LogP contribution in [0.3, 0.4) is 0 Å². The van der Waals surface area contributed by atoms with Crippen LogP contribution in [0, 0.1) is 0 Å². The predicted molar refractivity (Wildman–Crippen MR) is 72.2 cm³/mol. The van der Waals surface area contributed by atoms with Gasteiger partial charge in [-0.1, -0.05) is 18.2 Å². The van der Waals surface area contributed by atoms with E-state index in [2.05, 4.69) is 0 Å².